The first-order chi connectivity index (χ1) is 9.69. The topological polar surface area (TPSA) is 44.3 Å². The minimum Gasteiger partial charge on any atom is -0.370 e. The molecule has 0 aliphatic carbocycles. The van der Waals surface area contributed by atoms with Crippen molar-refractivity contribution in [2.45, 2.75) is 26.2 Å². The van der Waals surface area contributed by atoms with E-state index in [2.05, 4.69) is 46.1 Å². The maximum Gasteiger partial charge on any atom is 0.133 e. The Kier molecular flexibility index (Phi) is 5.59. The molecule has 0 radical (unpaired) electrons. The minimum absolute atomic E-state index is 0.776. The van der Waals surface area contributed by atoms with Crippen LogP contribution in [0.2, 0.25) is 0 Å². The van der Waals surface area contributed by atoms with Crippen molar-refractivity contribution in [3.8, 4) is 0 Å². The van der Waals surface area contributed by atoms with Crippen LogP contribution in [0.4, 0.5) is 11.6 Å². The van der Waals surface area contributed by atoms with Crippen molar-refractivity contribution in [1.29, 1.82) is 0 Å². The number of rotatable bonds is 6. The van der Waals surface area contributed by atoms with Gasteiger partial charge in [-0.1, -0.05) is 6.92 Å². The molecule has 112 valence electrons. The number of anilines is 2. The molecule has 1 aromatic heterocycles. The van der Waals surface area contributed by atoms with Gasteiger partial charge < -0.3 is 15.1 Å². The summed E-state index contributed by atoms with van der Waals surface area (Å²) in [6.45, 7) is 6.62. The molecule has 2 rings (SSSR count). The van der Waals surface area contributed by atoms with Gasteiger partial charge in [-0.15, -0.1) is 0 Å². The van der Waals surface area contributed by atoms with Crippen LogP contribution >= 0.6 is 0 Å². The summed E-state index contributed by atoms with van der Waals surface area (Å²) in [7, 11) is 4.33. The van der Waals surface area contributed by atoms with Crippen molar-refractivity contribution in [3.63, 3.8) is 0 Å². The SMILES string of the molecule is CCCNc1cc(N(C)CC2CCN(C)CC2)ncn1. The Hall–Kier alpha value is -1.36. The Morgan fingerprint density at radius 1 is 1.35 bits per heavy atom. The number of hydrogen-bond acceptors (Lipinski definition) is 5. The highest BCUT2D eigenvalue weighted by Gasteiger charge is 2.18. The second-order valence-corrected chi connectivity index (χ2v) is 5.82. The first-order valence-corrected chi connectivity index (χ1v) is 7.64. The maximum atomic E-state index is 4.39. The molecule has 0 amide bonds. The van der Waals surface area contributed by atoms with E-state index in [1.54, 1.807) is 6.33 Å². The fourth-order valence-corrected chi connectivity index (χ4v) is 2.63. The van der Waals surface area contributed by atoms with Crippen LogP contribution in [-0.2, 0) is 0 Å². The lowest BCUT2D eigenvalue weighted by Gasteiger charge is -2.32. The van der Waals surface area contributed by atoms with Crippen LogP contribution in [0.3, 0.4) is 0 Å². The molecule has 1 aliphatic rings. The Bertz CT molecular complexity index is 401. The minimum atomic E-state index is 0.776. The average molecular weight is 277 g/mol. The summed E-state index contributed by atoms with van der Waals surface area (Å²) >= 11 is 0. The normalized spacial score (nSPS) is 17.1. The largest absolute Gasteiger partial charge is 0.370 e. The fourth-order valence-electron chi connectivity index (χ4n) is 2.63. The summed E-state index contributed by atoms with van der Waals surface area (Å²) < 4.78 is 0. The molecular weight excluding hydrogens is 250 g/mol. The van der Waals surface area contributed by atoms with E-state index in [0.29, 0.717) is 0 Å². The lowest BCUT2D eigenvalue weighted by atomic mass is 9.97. The van der Waals surface area contributed by atoms with Gasteiger partial charge in [-0.05, 0) is 45.3 Å². The second kappa shape index (κ2) is 7.43. The van der Waals surface area contributed by atoms with Crippen LogP contribution in [0.1, 0.15) is 26.2 Å². The van der Waals surface area contributed by atoms with Gasteiger partial charge in [-0.25, -0.2) is 9.97 Å². The maximum absolute atomic E-state index is 4.39. The molecule has 5 nitrogen and oxygen atoms in total. The van der Waals surface area contributed by atoms with E-state index in [1.807, 2.05) is 6.07 Å². The summed E-state index contributed by atoms with van der Waals surface area (Å²) in [5, 5.41) is 3.31. The molecule has 20 heavy (non-hydrogen) atoms. The van der Waals surface area contributed by atoms with E-state index in [4.69, 9.17) is 0 Å². The molecule has 2 heterocycles. The Labute approximate surface area is 122 Å². The molecule has 0 atom stereocenters. The molecular formula is C15H27N5. The molecule has 1 saturated heterocycles. The quantitative estimate of drug-likeness (QED) is 0.862. The van der Waals surface area contributed by atoms with Crippen LogP contribution in [0.15, 0.2) is 12.4 Å². The Morgan fingerprint density at radius 3 is 2.80 bits per heavy atom. The molecule has 1 fully saturated rings. The van der Waals surface area contributed by atoms with Crippen molar-refractivity contribution in [2.24, 2.45) is 5.92 Å². The van der Waals surface area contributed by atoms with Gasteiger partial charge in [0.05, 0.1) is 0 Å². The van der Waals surface area contributed by atoms with Gasteiger partial charge in [-0.2, -0.15) is 0 Å². The number of piperidine rings is 1. The van der Waals surface area contributed by atoms with E-state index in [1.165, 1.54) is 25.9 Å². The molecule has 5 heteroatoms. The third kappa shape index (κ3) is 4.34. The molecule has 0 unspecified atom stereocenters. The highest BCUT2D eigenvalue weighted by molar-refractivity contribution is 5.47. The number of nitrogens with one attached hydrogen (secondary N) is 1. The van der Waals surface area contributed by atoms with Crippen LogP contribution in [0.25, 0.3) is 0 Å². The molecule has 0 aromatic carbocycles. The summed E-state index contributed by atoms with van der Waals surface area (Å²) in [5.74, 6) is 2.71. The van der Waals surface area contributed by atoms with E-state index in [0.717, 1.165) is 37.1 Å². The first-order valence-electron chi connectivity index (χ1n) is 7.64. The van der Waals surface area contributed by atoms with Crippen LogP contribution in [0.5, 0.6) is 0 Å². The van der Waals surface area contributed by atoms with Crippen LogP contribution in [-0.4, -0.2) is 55.1 Å². The van der Waals surface area contributed by atoms with E-state index < -0.39 is 0 Å². The third-order valence-electron chi connectivity index (χ3n) is 3.97. The Balaban J connectivity index is 1.89. The van der Waals surface area contributed by atoms with E-state index >= 15 is 0 Å². The zero-order valence-corrected chi connectivity index (χ0v) is 13.0. The first kappa shape index (κ1) is 15.0. The Morgan fingerprint density at radius 2 is 2.10 bits per heavy atom. The molecule has 1 aromatic rings. The average Bonchev–Trinajstić information content (AvgIpc) is 2.48. The summed E-state index contributed by atoms with van der Waals surface area (Å²) in [5.41, 5.74) is 0. The predicted molar refractivity (Wildman–Crippen MR) is 84.3 cm³/mol. The monoisotopic (exact) mass is 277 g/mol. The molecule has 1 N–H and O–H groups in total. The third-order valence-corrected chi connectivity index (χ3v) is 3.97. The van der Waals surface area contributed by atoms with Crippen molar-refractivity contribution in [3.05, 3.63) is 12.4 Å². The highest BCUT2D eigenvalue weighted by atomic mass is 15.2. The number of hydrogen-bond donors (Lipinski definition) is 1. The van der Waals surface area contributed by atoms with Gasteiger partial charge in [0.1, 0.15) is 18.0 Å². The second-order valence-electron chi connectivity index (χ2n) is 5.82. The van der Waals surface area contributed by atoms with Crippen molar-refractivity contribution in [1.82, 2.24) is 14.9 Å². The van der Waals surface area contributed by atoms with Crippen LogP contribution in [0, 0.1) is 5.92 Å². The van der Waals surface area contributed by atoms with Gasteiger partial charge in [0.25, 0.3) is 0 Å². The summed E-state index contributed by atoms with van der Waals surface area (Å²) in [4.78, 5) is 13.3. The van der Waals surface area contributed by atoms with Gasteiger partial charge in [0.2, 0.25) is 0 Å². The fraction of sp³-hybridized carbons (Fsp3) is 0.733. The lowest BCUT2D eigenvalue weighted by molar-refractivity contribution is 0.222. The van der Waals surface area contributed by atoms with E-state index in [-0.39, 0.29) is 0 Å². The highest BCUT2D eigenvalue weighted by Crippen LogP contribution is 2.20. The number of likely N-dealkylation sites (tertiary alicyclic amines) is 1. The zero-order valence-electron chi connectivity index (χ0n) is 13.0. The molecule has 0 saturated carbocycles. The van der Waals surface area contributed by atoms with E-state index in [9.17, 15) is 0 Å². The lowest BCUT2D eigenvalue weighted by Crippen LogP contribution is -2.36. The van der Waals surface area contributed by atoms with Gasteiger partial charge in [0, 0.05) is 26.2 Å². The van der Waals surface area contributed by atoms with Crippen LogP contribution < -0.4 is 10.2 Å². The molecule has 0 bridgehead atoms. The standard InChI is InChI=1S/C15H27N5/c1-4-7-16-14-10-15(18-12-17-14)20(3)11-13-5-8-19(2)9-6-13/h10,12-13H,4-9,11H2,1-3H3,(H,16,17,18). The molecule has 1 aliphatic heterocycles. The smallest absolute Gasteiger partial charge is 0.133 e. The molecule has 0 spiro atoms. The van der Waals surface area contributed by atoms with Crippen molar-refractivity contribution in [2.75, 3.05) is 50.5 Å². The zero-order chi connectivity index (χ0) is 14.4. The predicted octanol–water partition coefficient (Wildman–Crippen LogP) is 2.08. The van der Waals surface area contributed by atoms with Gasteiger partial charge in [-0.3, -0.25) is 0 Å². The van der Waals surface area contributed by atoms with Crippen molar-refractivity contribution >= 4 is 11.6 Å². The summed E-state index contributed by atoms with van der Waals surface area (Å²) in [6, 6.07) is 2.05. The van der Waals surface area contributed by atoms with Gasteiger partial charge in [0.15, 0.2) is 0 Å². The van der Waals surface area contributed by atoms with Crippen molar-refractivity contribution < 1.29 is 0 Å². The number of nitrogens with zero attached hydrogens (tertiary/aromatic N) is 4. The summed E-state index contributed by atoms with van der Waals surface area (Å²) in [6.07, 6.45) is 5.32. The number of aromatic nitrogens is 2. The van der Waals surface area contributed by atoms with Gasteiger partial charge >= 0.3 is 0 Å².